The van der Waals surface area contributed by atoms with Gasteiger partial charge in [-0.05, 0) is 36.8 Å². The summed E-state index contributed by atoms with van der Waals surface area (Å²) >= 11 is 0. The molecular formula is C18H13F3N4O2. The van der Waals surface area contributed by atoms with Crippen LogP contribution in [0.15, 0.2) is 49.1 Å². The van der Waals surface area contributed by atoms with Crippen LogP contribution in [0.3, 0.4) is 0 Å². The van der Waals surface area contributed by atoms with Gasteiger partial charge in [0.25, 0.3) is 0 Å². The molecule has 9 heteroatoms. The summed E-state index contributed by atoms with van der Waals surface area (Å²) in [6.07, 6.45) is 0.848. The van der Waals surface area contributed by atoms with E-state index in [0.29, 0.717) is 11.1 Å². The van der Waals surface area contributed by atoms with Gasteiger partial charge in [0.2, 0.25) is 0 Å². The third-order valence-electron chi connectivity index (χ3n) is 3.64. The number of nitrogens with zero attached hydrogens (tertiary/aromatic N) is 4. The van der Waals surface area contributed by atoms with Crippen molar-refractivity contribution in [3.05, 3.63) is 65.7 Å². The fraction of sp³-hybridized carbons (Fsp3) is 0.111. The van der Waals surface area contributed by atoms with E-state index < -0.39 is 17.7 Å². The zero-order chi connectivity index (χ0) is 19.6. The van der Waals surface area contributed by atoms with E-state index in [-0.39, 0.29) is 17.0 Å². The number of carboxylic acid groups (broad SMARTS) is 1. The van der Waals surface area contributed by atoms with E-state index in [2.05, 4.69) is 15.1 Å². The first-order valence-electron chi connectivity index (χ1n) is 7.70. The van der Waals surface area contributed by atoms with Gasteiger partial charge in [0.15, 0.2) is 5.82 Å². The summed E-state index contributed by atoms with van der Waals surface area (Å²) in [7, 11) is 0. The van der Waals surface area contributed by atoms with Crippen LogP contribution in [0.25, 0.3) is 23.2 Å². The summed E-state index contributed by atoms with van der Waals surface area (Å²) in [5, 5.41) is 13.5. The van der Waals surface area contributed by atoms with E-state index in [9.17, 15) is 23.1 Å². The molecule has 3 rings (SSSR count). The van der Waals surface area contributed by atoms with Crippen molar-refractivity contribution in [1.29, 1.82) is 0 Å². The van der Waals surface area contributed by atoms with Crippen LogP contribution in [-0.2, 0) is 11.0 Å². The molecule has 1 aromatic carbocycles. The Morgan fingerprint density at radius 1 is 1.26 bits per heavy atom. The molecule has 0 aliphatic heterocycles. The number of rotatable bonds is 4. The monoisotopic (exact) mass is 374 g/mol. The zero-order valence-electron chi connectivity index (χ0n) is 14.0. The third kappa shape index (κ3) is 4.20. The Bertz CT molecular complexity index is 1010. The lowest BCUT2D eigenvalue weighted by Gasteiger charge is -2.09. The molecule has 0 atom stereocenters. The largest absolute Gasteiger partial charge is 0.478 e. The van der Waals surface area contributed by atoms with Crippen molar-refractivity contribution in [3.8, 4) is 11.4 Å². The van der Waals surface area contributed by atoms with Crippen LogP contribution >= 0.6 is 0 Å². The number of hydrogen-bond donors (Lipinski definition) is 1. The lowest BCUT2D eigenvalue weighted by Crippen LogP contribution is -2.05. The van der Waals surface area contributed by atoms with Gasteiger partial charge in [-0.2, -0.15) is 13.2 Å². The Morgan fingerprint density at radius 3 is 2.67 bits per heavy atom. The Kier molecular flexibility index (Phi) is 4.76. The van der Waals surface area contributed by atoms with Crippen molar-refractivity contribution in [1.82, 2.24) is 19.7 Å². The Hall–Kier alpha value is -3.49. The van der Waals surface area contributed by atoms with Gasteiger partial charge in [0.05, 0.1) is 11.1 Å². The Balaban J connectivity index is 2.00. The molecule has 2 heterocycles. The van der Waals surface area contributed by atoms with E-state index in [0.717, 1.165) is 16.8 Å². The smallest absolute Gasteiger partial charge is 0.416 e. The van der Waals surface area contributed by atoms with Gasteiger partial charge >= 0.3 is 12.1 Å². The van der Waals surface area contributed by atoms with Gasteiger partial charge in [0, 0.05) is 29.7 Å². The molecule has 138 valence electrons. The van der Waals surface area contributed by atoms with Gasteiger partial charge in [0.1, 0.15) is 6.33 Å². The third-order valence-corrected chi connectivity index (χ3v) is 3.64. The predicted molar refractivity (Wildman–Crippen MR) is 91.2 cm³/mol. The highest BCUT2D eigenvalue weighted by molar-refractivity contribution is 6.19. The van der Waals surface area contributed by atoms with E-state index in [1.54, 1.807) is 19.1 Å². The highest BCUT2D eigenvalue weighted by Gasteiger charge is 2.31. The van der Waals surface area contributed by atoms with Gasteiger partial charge in [-0.3, -0.25) is 4.98 Å². The molecule has 3 aromatic rings. The van der Waals surface area contributed by atoms with Crippen LogP contribution in [0, 0.1) is 6.92 Å². The van der Waals surface area contributed by atoms with Gasteiger partial charge in [-0.25, -0.2) is 14.5 Å². The number of carbonyl (C=O) groups is 1. The number of carboxylic acids is 1. The second-order valence-electron chi connectivity index (χ2n) is 5.72. The molecular weight excluding hydrogens is 361 g/mol. The van der Waals surface area contributed by atoms with Crippen LogP contribution in [0.4, 0.5) is 13.2 Å². The summed E-state index contributed by atoms with van der Waals surface area (Å²) in [5.74, 6) is -1.15. The molecule has 0 spiro atoms. The maximum absolute atomic E-state index is 13.0. The number of benzene rings is 1. The molecule has 0 saturated heterocycles. The number of hydrogen-bond acceptors (Lipinski definition) is 4. The summed E-state index contributed by atoms with van der Waals surface area (Å²) in [6, 6.07) is 6.67. The normalized spacial score (nSPS) is 12.2. The summed E-state index contributed by atoms with van der Waals surface area (Å²) in [4.78, 5) is 19.4. The van der Waals surface area contributed by atoms with Crippen LogP contribution in [-0.4, -0.2) is 30.8 Å². The molecule has 0 aliphatic rings. The van der Waals surface area contributed by atoms with Gasteiger partial charge < -0.3 is 5.11 Å². The molecule has 0 fully saturated rings. The highest BCUT2D eigenvalue weighted by atomic mass is 19.4. The van der Waals surface area contributed by atoms with Crippen molar-refractivity contribution in [2.24, 2.45) is 0 Å². The number of aromatic nitrogens is 4. The summed E-state index contributed by atoms with van der Waals surface area (Å²) in [5.41, 5.74) is 0.0729. The zero-order valence-corrected chi connectivity index (χ0v) is 14.0. The van der Waals surface area contributed by atoms with Crippen LogP contribution in [0.5, 0.6) is 0 Å². The standard InChI is InChI=1S/C18H13F3N4O2/c1-11-5-13(7-14(6-11)18(19,20)21)16-23-10-25(24-16)9-15(17(26)27)12-3-2-4-22-8-12/h2-10H,1H3,(H,26,27). The number of pyridine rings is 1. The van der Waals surface area contributed by atoms with Crippen molar-refractivity contribution in [2.45, 2.75) is 13.1 Å². The van der Waals surface area contributed by atoms with Gasteiger partial charge in [-0.15, -0.1) is 5.10 Å². The summed E-state index contributed by atoms with van der Waals surface area (Å²) in [6.45, 7) is 1.54. The molecule has 0 saturated carbocycles. The van der Waals surface area contributed by atoms with E-state index in [4.69, 9.17) is 0 Å². The maximum atomic E-state index is 13.0. The van der Waals surface area contributed by atoms with Crippen LogP contribution in [0.1, 0.15) is 16.7 Å². The quantitative estimate of drug-likeness (QED) is 0.704. The van der Waals surface area contributed by atoms with Crippen LogP contribution < -0.4 is 0 Å². The molecule has 0 aliphatic carbocycles. The highest BCUT2D eigenvalue weighted by Crippen LogP contribution is 2.32. The van der Waals surface area contributed by atoms with E-state index >= 15 is 0 Å². The number of aliphatic carboxylic acids is 1. The molecule has 0 unspecified atom stereocenters. The lowest BCUT2D eigenvalue weighted by atomic mass is 10.1. The minimum Gasteiger partial charge on any atom is -0.478 e. The number of aryl methyl sites for hydroxylation is 1. The average molecular weight is 374 g/mol. The minimum absolute atomic E-state index is 0.0522. The topological polar surface area (TPSA) is 80.9 Å². The van der Waals surface area contributed by atoms with E-state index in [1.807, 2.05) is 0 Å². The summed E-state index contributed by atoms with van der Waals surface area (Å²) < 4.78 is 40.1. The van der Waals surface area contributed by atoms with Crippen molar-refractivity contribution < 1.29 is 23.1 Å². The Morgan fingerprint density at radius 2 is 2.04 bits per heavy atom. The molecule has 6 nitrogen and oxygen atoms in total. The molecule has 0 bridgehead atoms. The average Bonchev–Trinajstić information content (AvgIpc) is 3.08. The SMILES string of the molecule is Cc1cc(-c2ncn(C=C(C(=O)O)c3cccnc3)n2)cc(C(F)(F)F)c1. The molecule has 0 amide bonds. The van der Waals surface area contributed by atoms with Crippen molar-refractivity contribution in [2.75, 3.05) is 0 Å². The molecule has 0 radical (unpaired) electrons. The fourth-order valence-corrected chi connectivity index (χ4v) is 2.45. The lowest BCUT2D eigenvalue weighted by molar-refractivity contribution is -0.137. The van der Waals surface area contributed by atoms with Crippen LogP contribution in [0.2, 0.25) is 0 Å². The first-order chi connectivity index (χ1) is 12.7. The Labute approximate surface area is 151 Å². The van der Waals surface area contributed by atoms with Crippen molar-refractivity contribution in [3.63, 3.8) is 0 Å². The predicted octanol–water partition coefficient (Wildman–Crippen LogP) is 3.75. The first kappa shape index (κ1) is 18.3. The van der Waals surface area contributed by atoms with Crippen molar-refractivity contribution >= 4 is 17.7 Å². The second kappa shape index (κ2) is 7.02. The fourth-order valence-electron chi connectivity index (χ4n) is 2.45. The first-order valence-corrected chi connectivity index (χ1v) is 7.70. The molecule has 27 heavy (non-hydrogen) atoms. The second-order valence-corrected chi connectivity index (χ2v) is 5.72. The van der Waals surface area contributed by atoms with E-state index in [1.165, 1.54) is 31.0 Å². The minimum atomic E-state index is -4.49. The maximum Gasteiger partial charge on any atom is 0.416 e. The number of alkyl halides is 3. The molecule has 1 N–H and O–H groups in total. The molecule has 2 aromatic heterocycles. The number of halogens is 3. The van der Waals surface area contributed by atoms with Gasteiger partial charge in [-0.1, -0.05) is 6.07 Å².